The van der Waals surface area contributed by atoms with Crippen molar-refractivity contribution in [1.29, 1.82) is 0 Å². The number of halogens is 2. The van der Waals surface area contributed by atoms with Gasteiger partial charge in [-0.05, 0) is 40.9 Å². The average Bonchev–Trinajstić information content (AvgIpc) is 2.75. The number of amides is 1. The van der Waals surface area contributed by atoms with Gasteiger partial charge in [0.05, 0.1) is 16.1 Å². The van der Waals surface area contributed by atoms with E-state index in [4.69, 9.17) is 0 Å². The molecule has 1 fully saturated rings. The van der Waals surface area contributed by atoms with Gasteiger partial charge in [-0.3, -0.25) is 4.79 Å². The predicted molar refractivity (Wildman–Crippen MR) is 69.8 cm³/mol. The lowest BCUT2D eigenvalue weighted by molar-refractivity contribution is 0.0915. The first-order valence-electron chi connectivity index (χ1n) is 6.00. The average molecular weight is 316 g/mol. The van der Waals surface area contributed by atoms with Crippen LogP contribution in [0.2, 0.25) is 0 Å². The second-order valence-electron chi connectivity index (χ2n) is 4.57. The normalized spacial score (nSPS) is 23.1. The number of aliphatic hydroxyl groups is 1. The highest BCUT2D eigenvalue weighted by Gasteiger charge is 2.25. The molecule has 1 aromatic rings. The summed E-state index contributed by atoms with van der Waals surface area (Å²) in [5.74, 6) is -0.662. The highest BCUT2D eigenvalue weighted by atomic mass is 79.9. The number of hydrogen-bond donors (Lipinski definition) is 2. The van der Waals surface area contributed by atoms with E-state index in [0.717, 1.165) is 19.3 Å². The fourth-order valence-electron chi connectivity index (χ4n) is 2.25. The van der Waals surface area contributed by atoms with Crippen molar-refractivity contribution in [1.82, 2.24) is 5.32 Å². The minimum absolute atomic E-state index is 0.112. The minimum atomic E-state index is -0.455. The Morgan fingerprint density at radius 1 is 1.50 bits per heavy atom. The molecule has 18 heavy (non-hydrogen) atoms. The number of hydrogen-bond acceptors (Lipinski definition) is 2. The van der Waals surface area contributed by atoms with Crippen LogP contribution in [-0.4, -0.2) is 23.7 Å². The van der Waals surface area contributed by atoms with E-state index in [-0.39, 0.29) is 28.0 Å². The Balaban J connectivity index is 1.97. The molecule has 1 amide bonds. The van der Waals surface area contributed by atoms with E-state index >= 15 is 0 Å². The van der Waals surface area contributed by atoms with Gasteiger partial charge in [0.15, 0.2) is 0 Å². The van der Waals surface area contributed by atoms with Gasteiger partial charge in [-0.2, -0.15) is 0 Å². The topological polar surface area (TPSA) is 49.3 Å². The highest BCUT2D eigenvalue weighted by molar-refractivity contribution is 9.10. The summed E-state index contributed by atoms with van der Waals surface area (Å²) >= 11 is 3.06. The Morgan fingerprint density at radius 2 is 2.28 bits per heavy atom. The third kappa shape index (κ3) is 2.90. The molecule has 5 heteroatoms. The van der Waals surface area contributed by atoms with Crippen LogP contribution in [0.5, 0.6) is 0 Å². The number of aliphatic hydroxyl groups excluding tert-OH is 1. The van der Waals surface area contributed by atoms with Gasteiger partial charge >= 0.3 is 0 Å². The van der Waals surface area contributed by atoms with E-state index < -0.39 is 5.82 Å². The molecule has 2 atom stereocenters. The van der Waals surface area contributed by atoms with Gasteiger partial charge in [-0.15, -0.1) is 0 Å². The Labute approximate surface area is 114 Å². The summed E-state index contributed by atoms with van der Waals surface area (Å²) in [4.78, 5) is 11.9. The van der Waals surface area contributed by atoms with Crippen molar-refractivity contribution in [3.05, 3.63) is 34.1 Å². The van der Waals surface area contributed by atoms with E-state index in [1.807, 2.05) is 0 Å². The first kappa shape index (κ1) is 13.5. The van der Waals surface area contributed by atoms with Crippen LogP contribution in [0.3, 0.4) is 0 Å². The monoisotopic (exact) mass is 315 g/mol. The molecule has 0 aromatic heterocycles. The number of rotatable bonds is 3. The fraction of sp³-hybridized carbons (Fsp3) is 0.462. The quantitative estimate of drug-likeness (QED) is 0.900. The maximum atomic E-state index is 13.3. The standard InChI is InChI=1S/C13H15BrFNO2/c14-12-9(4-2-5-10(12)15)13(18)16-7-8-3-1-6-11(8)17/h2,4-5,8,11,17H,1,3,6-7H2,(H,16,18). The molecule has 0 spiro atoms. The van der Waals surface area contributed by atoms with Crippen LogP contribution in [-0.2, 0) is 0 Å². The largest absolute Gasteiger partial charge is 0.393 e. The van der Waals surface area contributed by atoms with Crippen molar-refractivity contribution in [2.24, 2.45) is 5.92 Å². The number of carbonyl (C=O) groups excluding carboxylic acids is 1. The zero-order valence-corrected chi connectivity index (χ0v) is 11.4. The molecule has 0 saturated heterocycles. The molecule has 1 aliphatic carbocycles. The first-order valence-corrected chi connectivity index (χ1v) is 6.79. The van der Waals surface area contributed by atoms with Gasteiger partial charge in [-0.1, -0.05) is 12.5 Å². The molecule has 0 radical (unpaired) electrons. The molecular weight excluding hydrogens is 301 g/mol. The molecule has 0 bridgehead atoms. The zero-order valence-electron chi connectivity index (χ0n) is 9.83. The number of carbonyl (C=O) groups is 1. The van der Waals surface area contributed by atoms with Gasteiger partial charge in [0.1, 0.15) is 5.82 Å². The van der Waals surface area contributed by atoms with Gasteiger partial charge < -0.3 is 10.4 Å². The third-order valence-electron chi connectivity index (χ3n) is 3.34. The van der Waals surface area contributed by atoms with Gasteiger partial charge in [0, 0.05) is 12.5 Å². The second-order valence-corrected chi connectivity index (χ2v) is 5.36. The Kier molecular flexibility index (Phi) is 4.35. The molecule has 2 rings (SSSR count). The Hall–Kier alpha value is -0.940. The molecule has 1 aromatic carbocycles. The Morgan fingerprint density at radius 3 is 2.94 bits per heavy atom. The van der Waals surface area contributed by atoms with Crippen molar-refractivity contribution < 1.29 is 14.3 Å². The van der Waals surface area contributed by atoms with Crippen LogP contribution in [0.4, 0.5) is 4.39 Å². The molecular formula is C13H15BrFNO2. The van der Waals surface area contributed by atoms with Crippen molar-refractivity contribution in [2.45, 2.75) is 25.4 Å². The predicted octanol–water partition coefficient (Wildman–Crippen LogP) is 2.48. The van der Waals surface area contributed by atoms with Crippen LogP contribution in [0, 0.1) is 11.7 Å². The summed E-state index contributed by atoms with van der Waals surface area (Å²) < 4.78 is 13.5. The number of benzene rings is 1. The lowest BCUT2D eigenvalue weighted by Gasteiger charge is -2.15. The molecule has 1 aliphatic rings. The summed E-state index contributed by atoms with van der Waals surface area (Å²) in [6.45, 7) is 0.433. The minimum Gasteiger partial charge on any atom is -0.393 e. The van der Waals surface area contributed by atoms with Crippen molar-refractivity contribution >= 4 is 21.8 Å². The van der Waals surface area contributed by atoms with Gasteiger partial charge in [-0.25, -0.2) is 4.39 Å². The smallest absolute Gasteiger partial charge is 0.252 e. The van der Waals surface area contributed by atoms with E-state index in [1.54, 1.807) is 6.07 Å². The van der Waals surface area contributed by atoms with Crippen molar-refractivity contribution in [3.63, 3.8) is 0 Å². The maximum absolute atomic E-state index is 13.3. The first-order chi connectivity index (χ1) is 8.59. The lowest BCUT2D eigenvalue weighted by atomic mass is 10.1. The highest BCUT2D eigenvalue weighted by Crippen LogP contribution is 2.25. The van der Waals surface area contributed by atoms with E-state index in [0.29, 0.717) is 6.54 Å². The van der Waals surface area contributed by atoms with Gasteiger partial charge in [0.2, 0.25) is 0 Å². The van der Waals surface area contributed by atoms with Gasteiger partial charge in [0.25, 0.3) is 5.91 Å². The molecule has 2 N–H and O–H groups in total. The second kappa shape index (κ2) is 5.80. The van der Waals surface area contributed by atoms with E-state index in [2.05, 4.69) is 21.2 Å². The summed E-state index contributed by atoms with van der Waals surface area (Å²) in [6, 6.07) is 4.36. The molecule has 0 aliphatic heterocycles. The van der Waals surface area contributed by atoms with Crippen molar-refractivity contribution in [3.8, 4) is 0 Å². The molecule has 3 nitrogen and oxygen atoms in total. The van der Waals surface area contributed by atoms with Crippen LogP contribution < -0.4 is 5.32 Å². The fourth-order valence-corrected chi connectivity index (χ4v) is 2.70. The van der Waals surface area contributed by atoms with Crippen LogP contribution in [0.1, 0.15) is 29.6 Å². The van der Waals surface area contributed by atoms with Crippen LogP contribution in [0.15, 0.2) is 22.7 Å². The molecule has 1 saturated carbocycles. The SMILES string of the molecule is O=C(NCC1CCCC1O)c1cccc(F)c1Br. The number of nitrogens with one attached hydrogen (secondary N) is 1. The van der Waals surface area contributed by atoms with Crippen LogP contribution in [0.25, 0.3) is 0 Å². The summed E-state index contributed by atoms with van der Waals surface area (Å²) in [5.41, 5.74) is 0.280. The maximum Gasteiger partial charge on any atom is 0.252 e. The third-order valence-corrected chi connectivity index (χ3v) is 4.15. The summed E-state index contributed by atoms with van der Waals surface area (Å²) in [6.07, 6.45) is 2.38. The van der Waals surface area contributed by atoms with Crippen molar-refractivity contribution in [2.75, 3.05) is 6.54 Å². The Bertz CT molecular complexity index is 453. The molecule has 98 valence electrons. The molecule has 2 unspecified atom stereocenters. The summed E-state index contributed by atoms with van der Waals surface area (Å²) in [5, 5.41) is 12.4. The lowest BCUT2D eigenvalue weighted by Crippen LogP contribution is -2.32. The van der Waals surface area contributed by atoms with E-state index in [1.165, 1.54) is 12.1 Å². The van der Waals surface area contributed by atoms with E-state index in [9.17, 15) is 14.3 Å². The van der Waals surface area contributed by atoms with Crippen LogP contribution >= 0.6 is 15.9 Å². The zero-order chi connectivity index (χ0) is 13.1. The summed E-state index contributed by atoms with van der Waals surface area (Å²) in [7, 11) is 0. The molecule has 0 heterocycles.